The minimum atomic E-state index is -1.55. The van der Waals surface area contributed by atoms with E-state index in [2.05, 4.69) is 54.4 Å². The fourth-order valence-corrected chi connectivity index (χ4v) is 7.47. The molecule has 2 unspecified atom stereocenters. The molecule has 0 bridgehead atoms. The molecule has 3 N–H and O–H groups in total. The minimum Gasteiger partial charge on any atom is -0.479 e. The number of pyridine rings is 2. The van der Waals surface area contributed by atoms with Crippen molar-refractivity contribution < 1.29 is 29.3 Å². The minimum absolute atomic E-state index is 0.142. The highest BCUT2D eigenvalue weighted by Crippen LogP contribution is 2.31. The van der Waals surface area contributed by atoms with E-state index in [1.807, 2.05) is 24.3 Å². The van der Waals surface area contributed by atoms with Crippen molar-refractivity contribution in [1.82, 2.24) is 29.6 Å². The van der Waals surface area contributed by atoms with Gasteiger partial charge < -0.3 is 20.2 Å². The molecule has 5 heterocycles. The summed E-state index contributed by atoms with van der Waals surface area (Å²) in [6.07, 6.45) is 8.55. The molecule has 50 heavy (non-hydrogen) atoms. The average molecular weight is 756 g/mol. The van der Waals surface area contributed by atoms with Gasteiger partial charge in [0.25, 0.3) is 5.91 Å². The molecule has 0 aliphatic carbocycles. The Bertz CT molecular complexity index is 1560. The molecular weight excluding hydrogens is 707 g/mol. The maximum Gasteiger partial charge on any atom is 0.335 e. The zero-order valence-electron chi connectivity index (χ0n) is 28.8. The van der Waals surface area contributed by atoms with Crippen molar-refractivity contribution in [2.24, 2.45) is 0 Å². The number of hydrogen-bond donors (Lipinski definition) is 3. The average Bonchev–Trinajstić information content (AvgIpc) is 3.14. The van der Waals surface area contributed by atoms with Crippen LogP contribution in [0.5, 0.6) is 0 Å². The number of amides is 1. The molecule has 11 nitrogen and oxygen atoms in total. The van der Waals surface area contributed by atoms with E-state index in [9.17, 15) is 24.2 Å². The Morgan fingerprint density at radius 3 is 1.66 bits per heavy atom. The lowest BCUT2D eigenvalue weighted by Crippen LogP contribution is -2.58. The van der Waals surface area contributed by atoms with Gasteiger partial charge in [-0.2, -0.15) is 0 Å². The lowest BCUT2D eigenvalue weighted by atomic mass is 9.88. The van der Waals surface area contributed by atoms with Gasteiger partial charge in [-0.15, -0.1) is 0 Å². The summed E-state index contributed by atoms with van der Waals surface area (Å²) in [5, 5.41) is 30.0. The van der Waals surface area contributed by atoms with Crippen molar-refractivity contribution in [2.75, 3.05) is 52.4 Å². The van der Waals surface area contributed by atoms with Crippen molar-refractivity contribution in [3.63, 3.8) is 0 Å². The van der Waals surface area contributed by atoms with E-state index in [-0.39, 0.29) is 36.6 Å². The van der Waals surface area contributed by atoms with Gasteiger partial charge in [0.05, 0.1) is 0 Å². The highest BCUT2D eigenvalue weighted by atomic mass is 79.9. The Morgan fingerprint density at radius 2 is 1.22 bits per heavy atom. The van der Waals surface area contributed by atoms with Crippen LogP contribution in [0.2, 0.25) is 0 Å². The standard InChI is InChI=1S/C24H30BrFN4O2.C13H18N2O3/c1-18(19-4-8-27-9-5-19)29-10-6-24(32,7-11-29)23(31)30-14-12-28(13-15-30)17-20-2-3-21(26)16-22(20)25;1-10(11-2-6-14-7-3-11)15-8-4-13(18,5-9-15)12(16)17/h2-5,8-9,16,18,32H,6-7,10-15,17H2,1H3;2-3,6-7,10,18H,4-5,8-9H2,1H3,(H,16,17). The summed E-state index contributed by atoms with van der Waals surface area (Å²) in [4.78, 5) is 40.7. The Hall–Kier alpha value is -3.33. The first-order valence-corrected chi connectivity index (χ1v) is 18.1. The van der Waals surface area contributed by atoms with Gasteiger partial charge in [0.15, 0.2) is 5.60 Å². The maximum absolute atomic E-state index is 13.3. The molecule has 2 aromatic heterocycles. The summed E-state index contributed by atoms with van der Waals surface area (Å²) in [6, 6.07) is 13.1. The fraction of sp³-hybridized carbons (Fsp3) is 0.514. The third-order valence-corrected chi connectivity index (χ3v) is 11.3. The van der Waals surface area contributed by atoms with Crippen molar-refractivity contribution in [3.05, 3.63) is 94.2 Å². The number of piperidine rings is 2. The molecule has 3 aliphatic rings. The number of benzene rings is 1. The highest BCUT2D eigenvalue weighted by Gasteiger charge is 2.43. The van der Waals surface area contributed by atoms with Gasteiger partial charge in [0.2, 0.25) is 0 Å². The molecule has 2 atom stereocenters. The van der Waals surface area contributed by atoms with Crippen LogP contribution in [0.4, 0.5) is 4.39 Å². The van der Waals surface area contributed by atoms with Crippen LogP contribution >= 0.6 is 15.9 Å². The SMILES string of the molecule is CC(c1ccncc1)N1CCC(O)(C(=O)N2CCN(Cc3ccc(F)cc3Br)CC2)CC1.CC(c1ccncc1)N1CCC(O)(C(=O)O)CC1. The Labute approximate surface area is 301 Å². The van der Waals surface area contributed by atoms with Crippen molar-refractivity contribution in [2.45, 2.75) is 69.4 Å². The summed E-state index contributed by atoms with van der Waals surface area (Å²) in [5.74, 6) is -1.51. The summed E-state index contributed by atoms with van der Waals surface area (Å²) >= 11 is 3.43. The molecule has 13 heteroatoms. The van der Waals surface area contributed by atoms with E-state index in [0.29, 0.717) is 58.7 Å². The van der Waals surface area contributed by atoms with E-state index >= 15 is 0 Å². The van der Waals surface area contributed by atoms with Crippen molar-refractivity contribution in [3.8, 4) is 0 Å². The van der Waals surface area contributed by atoms with E-state index in [0.717, 1.165) is 28.7 Å². The number of hydrogen-bond acceptors (Lipinski definition) is 9. The predicted octanol–water partition coefficient (Wildman–Crippen LogP) is 4.27. The topological polar surface area (TPSA) is 134 Å². The zero-order chi connectivity index (χ0) is 35.9. The number of aliphatic hydroxyl groups is 2. The summed E-state index contributed by atoms with van der Waals surface area (Å²) in [6.45, 7) is 10.1. The second-order valence-electron chi connectivity index (χ2n) is 13.7. The van der Waals surface area contributed by atoms with Gasteiger partial charge >= 0.3 is 5.97 Å². The van der Waals surface area contributed by atoms with Gasteiger partial charge in [0, 0.05) is 100 Å². The van der Waals surface area contributed by atoms with Gasteiger partial charge in [-0.1, -0.05) is 22.0 Å². The van der Waals surface area contributed by atoms with Gasteiger partial charge in [-0.05, 0) is 92.6 Å². The van der Waals surface area contributed by atoms with Crippen molar-refractivity contribution in [1.29, 1.82) is 0 Å². The van der Waals surface area contributed by atoms with E-state index in [4.69, 9.17) is 5.11 Å². The Kier molecular flexibility index (Phi) is 12.7. The molecule has 1 aromatic carbocycles. The molecule has 1 amide bonds. The number of likely N-dealkylation sites (tertiary alicyclic amines) is 2. The van der Waals surface area contributed by atoms with Crippen LogP contribution in [0.1, 0.15) is 68.3 Å². The van der Waals surface area contributed by atoms with E-state index < -0.39 is 17.2 Å². The zero-order valence-corrected chi connectivity index (χ0v) is 30.4. The summed E-state index contributed by atoms with van der Waals surface area (Å²) < 4.78 is 14.1. The lowest BCUT2D eigenvalue weighted by molar-refractivity contribution is -0.164. The van der Waals surface area contributed by atoms with Crippen LogP contribution in [0.15, 0.2) is 71.7 Å². The first kappa shape index (κ1) is 37.9. The molecule has 3 aliphatic heterocycles. The number of carbonyl (C=O) groups excluding carboxylic acids is 1. The largest absolute Gasteiger partial charge is 0.479 e. The number of carbonyl (C=O) groups is 2. The Balaban J connectivity index is 0.000000228. The fourth-order valence-electron chi connectivity index (χ4n) is 6.99. The third-order valence-electron chi connectivity index (χ3n) is 10.6. The van der Waals surface area contributed by atoms with Gasteiger partial charge in [-0.3, -0.25) is 29.5 Å². The third kappa shape index (κ3) is 9.31. The normalized spacial score (nSPS) is 21.0. The number of aromatic nitrogens is 2. The van der Waals surface area contributed by atoms with Gasteiger partial charge in [0.1, 0.15) is 11.4 Å². The van der Waals surface area contributed by atoms with E-state index in [1.165, 1.54) is 17.7 Å². The molecular formula is C37H48BrFN6O5. The second kappa shape index (κ2) is 16.8. The number of nitrogens with zero attached hydrogens (tertiary/aromatic N) is 6. The smallest absolute Gasteiger partial charge is 0.335 e. The number of piperazine rings is 1. The first-order chi connectivity index (χ1) is 23.9. The number of carboxylic acid groups (broad SMARTS) is 1. The van der Waals surface area contributed by atoms with Crippen LogP contribution in [0.25, 0.3) is 0 Å². The second-order valence-corrected chi connectivity index (χ2v) is 14.5. The molecule has 3 aromatic rings. The molecule has 6 rings (SSSR count). The number of aliphatic carboxylic acids is 1. The highest BCUT2D eigenvalue weighted by molar-refractivity contribution is 9.10. The molecule has 0 radical (unpaired) electrons. The number of carboxylic acids is 1. The van der Waals surface area contributed by atoms with Crippen LogP contribution < -0.4 is 0 Å². The quantitative estimate of drug-likeness (QED) is 0.306. The van der Waals surface area contributed by atoms with Crippen molar-refractivity contribution >= 4 is 27.8 Å². The molecule has 3 saturated heterocycles. The van der Waals surface area contributed by atoms with Crippen LogP contribution in [-0.2, 0) is 16.1 Å². The molecule has 3 fully saturated rings. The van der Waals surface area contributed by atoms with E-state index in [1.54, 1.807) is 35.8 Å². The maximum atomic E-state index is 13.3. The first-order valence-electron chi connectivity index (χ1n) is 17.3. The summed E-state index contributed by atoms with van der Waals surface area (Å²) in [5.41, 5.74) is 0.553. The molecule has 270 valence electrons. The van der Waals surface area contributed by atoms with Crippen LogP contribution in [0, 0.1) is 5.82 Å². The number of halogens is 2. The van der Waals surface area contributed by atoms with Crippen LogP contribution in [-0.4, -0.2) is 120 Å². The predicted molar refractivity (Wildman–Crippen MR) is 190 cm³/mol. The molecule has 0 saturated carbocycles. The monoisotopic (exact) mass is 754 g/mol. The van der Waals surface area contributed by atoms with Crippen LogP contribution in [0.3, 0.4) is 0 Å². The Morgan fingerprint density at radius 1 is 0.760 bits per heavy atom. The van der Waals surface area contributed by atoms with Gasteiger partial charge in [-0.25, -0.2) is 9.18 Å². The number of rotatable bonds is 8. The molecule has 0 spiro atoms. The summed E-state index contributed by atoms with van der Waals surface area (Å²) in [7, 11) is 0. The lowest BCUT2D eigenvalue weighted by Gasteiger charge is -2.43.